The Hall–Kier alpha value is -0.840. The van der Waals surface area contributed by atoms with E-state index in [4.69, 9.17) is 0 Å². The predicted octanol–water partition coefficient (Wildman–Crippen LogP) is 0.566. The molecule has 0 rings (SSSR count). The fourth-order valence-electron chi connectivity index (χ4n) is 0.104. The number of carbonyl (C=O) groups excluding carboxylic acids is 1. The van der Waals surface area contributed by atoms with Crippen LogP contribution >= 0.6 is 0 Å². The highest BCUT2D eigenvalue weighted by molar-refractivity contribution is 5.59. The summed E-state index contributed by atoms with van der Waals surface area (Å²) in [6.45, 7) is 3.16. The van der Waals surface area contributed by atoms with E-state index in [0.29, 0.717) is 6.29 Å². The van der Waals surface area contributed by atoms with E-state index in [2.05, 4.69) is 6.92 Å². The van der Waals surface area contributed by atoms with Crippen LogP contribution in [-0.4, -0.2) is 6.29 Å². The Balaban J connectivity index is 3.49. The second kappa shape index (κ2) is 3.35. The molecule has 0 bridgehead atoms. The zero-order chi connectivity index (χ0) is 5.70. The molecule has 0 N–H and O–H groups in total. The number of halogens is 1. The standard InChI is InChI=1S/C5H4FO/c1-5(4-7)2-3-6/h4-5H,1H2. The Morgan fingerprint density at radius 3 is 2.57 bits per heavy atom. The summed E-state index contributed by atoms with van der Waals surface area (Å²) in [7, 11) is 0. The Labute approximate surface area is 41.5 Å². The van der Waals surface area contributed by atoms with Gasteiger partial charge in [0.2, 0.25) is 0 Å². The van der Waals surface area contributed by atoms with Crippen molar-refractivity contribution in [1.82, 2.24) is 0 Å². The largest absolute Gasteiger partial charge is 0.302 e. The van der Waals surface area contributed by atoms with Crippen LogP contribution in [0, 0.1) is 24.9 Å². The summed E-state index contributed by atoms with van der Waals surface area (Å²) in [6, 6.07) is 0. The predicted molar refractivity (Wildman–Crippen MR) is 23.8 cm³/mol. The second-order valence-electron chi connectivity index (χ2n) is 0.981. The van der Waals surface area contributed by atoms with Crippen LogP contribution in [0.4, 0.5) is 4.39 Å². The highest BCUT2D eigenvalue weighted by Gasteiger charge is 1.87. The quantitative estimate of drug-likeness (QED) is 0.347. The molecule has 1 nitrogen and oxygen atoms in total. The first-order valence-electron chi connectivity index (χ1n) is 1.70. The molecule has 2 heteroatoms. The van der Waals surface area contributed by atoms with Gasteiger partial charge in [0.1, 0.15) is 12.5 Å². The highest BCUT2D eigenvalue weighted by atomic mass is 19.1. The maximum Gasteiger partial charge on any atom is 0.135 e. The molecule has 0 aromatic rings. The van der Waals surface area contributed by atoms with E-state index in [-0.39, 0.29) is 0 Å². The van der Waals surface area contributed by atoms with Crippen LogP contribution in [0.2, 0.25) is 0 Å². The summed E-state index contributed by atoms with van der Waals surface area (Å²) in [6.07, 6.45) is 1.55. The van der Waals surface area contributed by atoms with Crippen LogP contribution in [0.5, 0.6) is 0 Å². The molecule has 0 aliphatic heterocycles. The lowest BCUT2D eigenvalue weighted by Gasteiger charge is -1.79. The van der Waals surface area contributed by atoms with Gasteiger partial charge < -0.3 is 4.79 Å². The van der Waals surface area contributed by atoms with Crippen LogP contribution < -0.4 is 0 Å². The van der Waals surface area contributed by atoms with Crippen molar-refractivity contribution in [3.63, 3.8) is 0 Å². The third-order valence-corrected chi connectivity index (χ3v) is 0.404. The molecular weight excluding hydrogens is 95.1 g/mol. The molecule has 7 heavy (non-hydrogen) atoms. The monoisotopic (exact) mass is 99.0 g/mol. The van der Waals surface area contributed by atoms with E-state index in [1.54, 1.807) is 0 Å². The van der Waals surface area contributed by atoms with Crippen molar-refractivity contribution in [2.24, 2.45) is 5.92 Å². The van der Waals surface area contributed by atoms with E-state index in [1.807, 2.05) is 5.92 Å². The van der Waals surface area contributed by atoms with Crippen molar-refractivity contribution < 1.29 is 9.18 Å². The Bertz CT molecular complexity index is 109. The van der Waals surface area contributed by atoms with Gasteiger partial charge in [0.25, 0.3) is 0 Å². The molecule has 0 saturated heterocycles. The lowest BCUT2D eigenvalue weighted by Crippen LogP contribution is -1.88. The van der Waals surface area contributed by atoms with Crippen LogP contribution in [0.15, 0.2) is 0 Å². The first-order chi connectivity index (χ1) is 3.31. The fraction of sp³-hybridized carbons (Fsp3) is 0.200. The Morgan fingerprint density at radius 2 is 2.43 bits per heavy atom. The van der Waals surface area contributed by atoms with E-state index < -0.39 is 5.92 Å². The van der Waals surface area contributed by atoms with Gasteiger partial charge in [-0.05, 0) is 6.92 Å². The molecule has 0 aliphatic carbocycles. The molecule has 0 aromatic carbocycles. The van der Waals surface area contributed by atoms with Crippen LogP contribution in [-0.2, 0) is 4.79 Å². The lowest BCUT2D eigenvalue weighted by molar-refractivity contribution is -0.108. The average Bonchev–Trinajstić information content (AvgIpc) is 1.68. The van der Waals surface area contributed by atoms with E-state index in [1.165, 1.54) is 0 Å². The van der Waals surface area contributed by atoms with Gasteiger partial charge in [-0.25, -0.2) is 0 Å². The van der Waals surface area contributed by atoms with Crippen molar-refractivity contribution in [2.45, 2.75) is 0 Å². The molecule has 0 spiro atoms. The van der Waals surface area contributed by atoms with Crippen LogP contribution in [0.1, 0.15) is 0 Å². The van der Waals surface area contributed by atoms with Gasteiger partial charge in [0.15, 0.2) is 0 Å². The van der Waals surface area contributed by atoms with E-state index in [0.717, 1.165) is 6.17 Å². The van der Waals surface area contributed by atoms with Gasteiger partial charge in [0.05, 0.1) is 5.92 Å². The third kappa shape index (κ3) is 2.98. The minimum absolute atomic E-state index is 0.479. The van der Waals surface area contributed by atoms with Crippen molar-refractivity contribution in [2.75, 3.05) is 0 Å². The summed E-state index contributed by atoms with van der Waals surface area (Å²) in [5, 5.41) is 0. The van der Waals surface area contributed by atoms with Gasteiger partial charge in [-0.15, -0.1) is 4.39 Å². The molecule has 37 valence electrons. The molecule has 0 aromatic heterocycles. The number of aldehydes is 1. The summed E-state index contributed by atoms with van der Waals surface area (Å²) >= 11 is 0. The second-order valence-corrected chi connectivity index (χ2v) is 0.981. The minimum atomic E-state index is -0.718. The average molecular weight is 99.1 g/mol. The smallest absolute Gasteiger partial charge is 0.135 e. The molecule has 0 heterocycles. The Morgan fingerprint density at radius 1 is 1.86 bits per heavy atom. The summed E-state index contributed by atoms with van der Waals surface area (Å²) < 4.78 is 10.9. The van der Waals surface area contributed by atoms with Crippen molar-refractivity contribution in [3.8, 4) is 12.1 Å². The molecule has 0 saturated carbocycles. The Kier molecular flexibility index (Phi) is 2.95. The van der Waals surface area contributed by atoms with Crippen molar-refractivity contribution in [1.29, 1.82) is 0 Å². The number of rotatable bonds is 1. The van der Waals surface area contributed by atoms with Gasteiger partial charge in [-0.2, -0.15) is 0 Å². The van der Waals surface area contributed by atoms with E-state index in [9.17, 15) is 9.18 Å². The fourth-order valence-corrected chi connectivity index (χ4v) is 0.104. The van der Waals surface area contributed by atoms with Crippen LogP contribution in [0.25, 0.3) is 0 Å². The van der Waals surface area contributed by atoms with Crippen molar-refractivity contribution in [3.05, 3.63) is 6.92 Å². The zero-order valence-corrected chi connectivity index (χ0v) is 3.65. The van der Waals surface area contributed by atoms with Crippen molar-refractivity contribution >= 4 is 6.29 Å². The highest BCUT2D eigenvalue weighted by Crippen LogP contribution is 1.80. The SMILES string of the molecule is [CH2]C(C#CF)C=O. The topological polar surface area (TPSA) is 17.1 Å². The molecular formula is C5H4FO. The summed E-state index contributed by atoms with van der Waals surface area (Å²) in [5.74, 6) is 1.18. The number of hydrogen-bond donors (Lipinski definition) is 0. The lowest BCUT2D eigenvalue weighted by atomic mass is 10.2. The maximum absolute atomic E-state index is 10.9. The number of hydrogen-bond acceptors (Lipinski definition) is 1. The van der Waals surface area contributed by atoms with E-state index >= 15 is 0 Å². The molecule has 1 unspecified atom stereocenters. The van der Waals surface area contributed by atoms with Gasteiger partial charge >= 0.3 is 0 Å². The molecule has 1 atom stereocenters. The first kappa shape index (κ1) is 6.16. The molecule has 0 amide bonds. The third-order valence-electron chi connectivity index (χ3n) is 0.404. The number of carbonyl (C=O) groups is 1. The summed E-state index contributed by atoms with van der Waals surface area (Å²) in [4.78, 5) is 9.56. The van der Waals surface area contributed by atoms with Gasteiger partial charge in [0, 0.05) is 0 Å². The first-order valence-corrected chi connectivity index (χ1v) is 1.70. The normalized spacial score (nSPS) is 11.1. The molecule has 0 aliphatic rings. The maximum atomic E-state index is 10.9. The zero-order valence-electron chi connectivity index (χ0n) is 3.65. The van der Waals surface area contributed by atoms with Crippen LogP contribution in [0.3, 0.4) is 0 Å². The summed E-state index contributed by atoms with van der Waals surface area (Å²) in [5.41, 5.74) is 0. The minimum Gasteiger partial charge on any atom is -0.302 e. The van der Waals surface area contributed by atoms with Gasteiger partial charge in [-0.3, -0.25) is 0 Å². The van der Waals surface area contributed by atoms with Gasteiger partial charge in [-0.1, -0.05) is 5.92 Å². The molecule has 1 radical (unpaired) electrons. The molecule has 0 fully saturated rings.